The quantitative estimate of drug-likeness (QED) is 0.280. The van der Waals surface area contributed by atoms with Gasteiger partial charge in [0.2, 0.25) is 11.8 Å². The number of hydrogen-bond donors (Lipinski definition) is 3. The highest BCUT2D eigenvalue weighted by Gasteiger charge is 2.35. The number of ketones is 1. The summed E-state index contributed by atoms with van der Waals surface area (Å²) in [5.41, 5.74) is 0.208. The Kier molecular flexibility index (Phi) is 12.8. The number of carbonyl (C=O) groups excluding carboxylic acids is 5. The predicted octanol–water partition coefficient (Wildman–Crippen LogP) is 3.32. The highest BCUT2D eigenvalue weighted by Crippen LogP contribution is 2.22. The maximum atomic E-state index is 13.6. The first-order valence-electron chi connectivity index (χ1n) is 14.0. The van der Waals surface area contributed by atoms with Gasteiger partial charge in [-0.15, -0.1) is 0 Å². The molecule has 1 saturated heterocycles. The molecule has 40 heavy (non-hydrogen) atoms. The fourth-order valence-electron chi connectivity index (χ4n) is 4.82. The molecule has 0 bridgehead atoms. The lowest BCUT2D eigenvalue weighted by Gasteiger charge is -2.31. The van der Waals surface area contributed by atoms with Gasteiger partial charge in [0, 0.05) is 24.8 Å². The Hall–Kier alpha value is -3.27. The fourth-order valence-corrected chi connectivity index (χ4v) is 4.82. The highest BCUT2D eigenvalue weighted by molar-refractivity contribution is 5.92. The van der Waals surface area contributed by atoms with Crippen molar-refractivity contribution >= 4 is 30.0 Å². The van der Waals surface area contributed by atoms with Gasteiger partial charge < -0.3 is 30.2 Å². The molecule has 5 atom stereocenters. The number of nitrogens with one attached hydrogen (secondary N) is 3. The number of Topliss-reactive ketones (excluding diaryl/α,β-unsaturated/α-hetero) is 1. The van der Waals surface area contributed by atoms with Crippen LogP contribution >= 0.6 is 0 Å². The van der Waals surface area contributed by atoms with Gasteiger partial charge in [0.15, 0.2) is 5.78 Å². The number of rotatable bonds is 15. The Morgan fingerprint density at radius 3 is 2.33 bits per heavy atom. The SMILES string of the molecule is CC(C)C[C@H](CC(=O)[C@@H](NC(=O)OCc1ccccc1)[C@@H](C)OC(C)(C)C)C(=O)N[C@H](C=O)C[C@@H]1CCNC1=O. The Morgan fingerprint density at radius 2 is 1.77 bits per heavy atom. The largest absolute Gasteiger partial charge is 0.445 e. The van der Waals surface area contributed by atoms with Crippen molar-refractivity contribution in [3.63, 3.8) is 0 Å². The van der Waals surface area contributed by atoms with Gasteiger partial charge in [-0.05, 0) is 58.4 Å². The lowest BCUT2D eigenvalue weighted by atomic mass is 9.88. The molecule has 3 amide bonds. The van der Waals surface area contributed by atoms with E-state index in [4.69, 9.17) is 9.47 Å². The zero-order chi connectivity index (χ0) is 29.9. The molecule has 0 spiro atoms. The van der Waals surface area contributed by atoms with Gasteiger partial charge in [-0.3, -0.25) is 14.4 Å². The molecule has 1 aromatic rings. The van der Waals surface area contributed by atoms with Crippen molar-refractivity contribution in [1.82, 2.24) is 16.0 Å². The van der Waals surface area contributed by atoms with E-state index < -0.39 is 41.7 Å². The summed E-state index contributed by atoms with van der Waals surface area (Å²) >= 11 is 0. The second-order valence-corrected chi connectivity index (χ2v) is 11.9. The minimum atomic E-state index is -1.06. The van der Waals surface area contributed by atoms with Gasteiger partial charge in [0.05, 0.1) is 17.7 Å². The van der Waals surface area contributed by atoms with Crippen LogP contribution in [0, 0.1) is 17.8 Å². The van der Waals surface area contributed by atoms with Gasteiger partial charge in [0.1, 0.15) is 18.9 Å². The average Bonchev–Trinajstić information content (AvgIpc) is 3.28. The molecule has 1 aliphatic rings. The van der Waals surface area contributed by atoms with Crippen LogP contribution in [0.2, 0.25) is 0 Å². The first-order valence-corrected chi connectivity index (χ1v) is 14.0. The lowest BCUT2D eigenvalue weighted by Crippen LogP contribution is -2.51. The summed E-state index contributed by atoms with van der Waals surface area (Å²) in [5, 5.41) is 8.10. The molecule has 10 heteroatoms. The third-order valence-electron chi connectivity index (χ3n) is 6.61. The molecule has 2 rings (SSSR count). The van der Waals surface area contributed by atoms with E-state index in [9.17, 15) is 24.0 Å². The van der Waals surface area contributed by atoms with Gasteiger partial charge in [-0.1, -0.05) is 44.2 Å². The minimum Gasteiger partial charge on any atom is -0.445 e. The Balaban J connectivity index is 2.13. The van der Waals surface area contributed by atoms with E-state index in [1.165, 1.54) is 0 Å². The maximum Gasteiger partial charge on any atom is 0.408 e. The number of aldehydes is 1. The molecule has 0 saturated carbocycles. The van der Waals surface area contributed by atoms with E-state index in [1.54, 1.807) is 6.92 Å². The number of hydrogen-bond acceptors (Lipinski definition) is 7. The summed E-state index contributed by atoms with van der Waals surface area (Å²) in [7, 11) is 0. The summed E-state index contributed by atoms with van der Waals surface area (Å²) in [4.78, 5) is 63.2. The molecule has 0 aliphatic carbocycles. The molecule has 0 aromatic heterocycles. The zero-order valence-corrected chi connectivity index (χ0v) is 24.5. The normalized spacial score (nSPS) is 18.3. The van der Waals surface area contributed by atoms with Crippen LogP contribution in [-0.2, 0) is 35.3 Å². The van der Waals surface area contributed by atoms with Crippen LogP contribution in [-0.4, -0.2) is 60.3 Å². The van der Waals surface area contributed by atoms with Crippen molar-refractivity contribution in [3.05, 3.63) is 35.9 Å². The first-order chi connectivity index (χ1) is 18.8. The molecular weight excluding hydrogens is 514 g/mol. The molecule has 3 N–H and O–H groups in total. The summed E-state index contributed by atoms with van der Waals surface area (Å²) in [6.45, 7) is 11.7. The predicted molar refractivity (Wildman–Crippen MR) is 150 cm³/mol. The second kappa shape index (κ2) is 15.5. The smallest absolute Gasteiger partial charge is 0.408 e. The standard InChI is InChI=1S/C30H45N3O7/c1-19(2)14-23(28(37)32-24(17-34)15-22-12-13-31-27(22)36)16-25(35)26(20(3)40-30(4,5)6)33-29(38)39-18-21-10-8-7-9-11-21/h7-11,17,19-20,22-24,26H,12-16,18H2,1-6H3,(H,31,36)(H,32,37)(H,33,38)/t20-,22+,23-,24+,26+/m1/s1. The molecule has 1 fully saturated rings. The third kappa shape index (κ3) is 11.5. The van der Waals surface area contributed by atoms with E-state index in [1.807, 2.05) is 65.0 Å². The van der Waals surface area contributed by atoms with E-state index >= 15 is 0 Å². The van der Waals surface area contributed by atoms with Crippen LogP contribution < -0.4 is 16.0 Å². The van der Waals surface area contributed by atoms with Crippen LogP contribution in [0.3, 0.4) is 0 Å². The monoisotopic (exact) mass is 559 g/mol. The van der Waals surface area contributed by atoms with Crippen molar-refractivity contribution in [2.45, 2.75) is 97.6 Å². The Bertz CT molecular complexity index is 1010. The van der Waals surface area contributed by atoms with Gasteiger partial charge in [-0.2, -0.15) is 0 Å². The van der Waals surface area contributed by atoms with Crippen LogP contribution in [0.5, 0.6) is 0 Å². The Labute approximate surface area is 237 Å². The van der Waals surface area contributed by atoms with Gasteiger partial charge in [-0.25, -0.2) is 4.79 Å². The molecule has 1 heterocycles. The van der Waals surface area contributed by atoms with Gasteiger partial charge in [0.25, 0.3) is 0 Å². The van der Waals surface area contributed by atoms with Crippen molar-refractivity contribution in [3.8, 4) is 0 Å². The first kappa shape index (κ1) is 32.9. The van der Waals surface area contributed by atoms with Crippen LogP contribution in [0.25, 0.3) is 0 Å². The number of benzene rings is 1. The maximum absolute atomic E-state index is 13.6. The highest BCUT2D eigenvalue weighted by atomic mass is 16.5. The molecule has 1 aliphatic heterocycles. The summed E-state index contributed by atoms with van der Waals surface area (Å²) in [6, 6.07) is 7.27. The number of ether oxygens (including phenoxy) is 2. The van der Waals surface area contributed by atoms with Crippen molar-refractivity contribution in [1.29, 1.82) is 0 Å². The third-order valence-corrected chi connectivity index (χ3v) is 6.61. The summed E-state index contributed by atoms with van der Waals surface area (Å²) in [5.74, 6) is -1.94. The second-order valence-electron chi connectivity index (χ2n) is 11.9. The number of alkyl carbamates (subject to hydrolysis) is 1. The lowest BCUT2D eigenvalue weighted by molar-refractivity contribution is -0.135. The molecule has 222 valence electrons. The average molecular weight is 560 g/mol. The summed E-state index contributed by atoms with van der Waals surface area (Å²) < 4.78 is 11.3. The zero-order valence-electron chi connectivity index (χ0n) is 24.5. The topological polar surface area (TPSA) is 140 Å². The van der Waals surface area contributed by atoms with E-state index in [2.05, 4.69) is 16.0 Å². The molecule has 10 nitrogen and oxygen atoms in total. The molecule has 1 aromatic carbocycles. The van der Waals surface area contributed by atoms with E-state index in [0.29, 0.717) is 25.7 Å². The van der Waals surface area contributed by atoms with E-state index in [0.717, 1.165) is 5.56 Å². The minimum absolute atomic E-state index is 0.0343. The van der Waals surface area contributed by atoms with Crippen LogP contribution in [0.4, 0.5) is 4.79 Å². The number of carbonyl (C=O) groups is 5. The van der Waals surface area contributed by atoms with Crippen molar-refractivity contribution < 1.29 is 33.4 Å². The fraction of sp³-hybridized carbons (Fsp3) is 0.633. The molecule has 0 unspecified atom stereocenters. The molecular formula is C30H45N3O7. The van der Waals surface area contributed by atoms with Crippen molar-refractivity contribution in [2.75, 3.05) is 6.54 Å². The number of amides is 3. The van der Waals surface area contributed by atoms with E-state index in [-0.39, 0.29) is 43.0 Å². The van der Waals surface area contributed by atoms with Crippen molar-refractivity contribution in [2.24, 2.45) is 17.8 Å². The van der Waals surface area contributed by atoms with Gasteiger partial charge >= 0.3 is 6.09 Å². The Morgan fingerprint density at radius 1 is 1.10 bits per heavy atom. The van der Waals surface area contributed by atoms with Crippen LogP contribution in [0.15, 0.2) is 30.3 Å². The molecule has 0 radical (unpaired) electrons. The summed E-state index contributed by atoms with van der Waals surface area (Å²) in [6.07, 6.45) is 0.192. The van der Waals surface area contributed by atoms with Crippen LogP contribution in [0.1, 0.15) is 72.8 Å².